The minimum atomic E-state index is -0.324. The number of hydrogen-bond acceptors (Lipinski definition) is 0. The summed E-state index contributed by atoms with van der Waals surface area (Å²) in [5.41, 5.74) is 3.57. The molecule has 2 rings (SSSR count). The Kier molecular flexibility index (Phi) is 4.75. The van der Waals surface area contributed by atoms with Gasteiger partial charge in [0.25, 0.3) is 0 Å². The van der Waals surface area contributed by atoms with E-state index < -0.39 is 0 Å². The van der Waals surface area contributed by atoms with Crippen LogP contribution in [0.3, 0.4) is 0 Å². The highest BCUT2D eigenvalue weighted by atomic mass is 127. The van der Waals surface area contributed by atoms with Gasteiger partial charge in [-0.3, -0.25) is 0 Å². The molecule has 100 valence electrons. The van der Waals surface area contributed by atoms with Crippen molar-refractivity contribution in [3.05, 3.63) is 67.0 Å². The number of aryl methyl sites for hydroxylation is 2. The normalized spacial score (nSPS) is 12.5. The SMILES string of the molecule is Cc1cc(F)cc(C)c1C(Cl)c1ccc(I)c(Cl)c1. The Labute approximate surface area is 136 Å². The molecule has 19 heavy (non-hydrogen) atoms. The van der Waals surface area contributed by atoms with E-state index in [4.69, 9.17) is 23.2 Å². The van der Waals surface area contributed by atoms with Gasteiger partial charge in [-0.15, -0.1) is 11.6 Å². The second-order valence-electron chi connectivity index (χ2n) is 4.49. The maximum Gasteiger partial charge on any atom is 0.123 e. The van der Waals surface area contributed by atoms with Crippen LogP contribution in [0.1, 0.15) is 27.6 Å². The van der Waals surface area contributed by atoms with Crippen molar-refractivity contribution >= 4 is 45.8 Å². The molecule has 0 fully saturated rings. The largest absolute Gasteiger partial charge is 0.207 e. The molecule has 0 nitrogen and oxygen atoms in total. The Morgan fingerprint density at radius 1 is 1.11 bits per heavy atom. The third kappa shape index (κ3) is 3.23. The molecule has 4 heteroatoms. The Morgan fingerprint density at radius 2 is 1.68 bits per heavy atom. The minimum absolute atomic E-state index is 0.233. The van der Waals surface area contributed by atoms with E-state index in [0.717, 1.165) is 25.8 Å². The Hall–Kier alpha value is -0.320. The van der Waals surface area contributed by atoms with Crippen LogP contribution >= 0.6 is 45.8 Å². The third-order valence-electron chi connectivity index (χ3n) is 3.05. The number of rotatable bonds is 2. The van der Waals surface area contributed by atoms with Crippen LogP contribution in [-0.2, 0) is 0 Å². The summed E-state index contributed by atoms with van der Waals surface area (Å²) >= 11 is 14.8. The fourth-order valence-corrected chi connectivity index (χ4v) is 3.16. The summed E-state index contributed by atoms with van der Waals surface area (Å²) in [6.07, 6.45) is 0. The molecular weight excluding hydrogens is 397 g/mol. The van der Waals surface area contributed by atoms with Crippen molar-refractivity contribution in [2.45, 2.75) is 19.2 Å². The zero-order valence-electron chi connectivity index (χ0n) is 10.5. The summed E-state index contributed by atoms with van der Waals surface area (Å²) in [7, 11) is 0. The number of benzene rings is 2. The number of hydrogen-bond donors (Lipinski definition) is 0. The first-order valence-electron chi connectivity index (χ1n) is 5.76. The van der Waals surface area contributed by atoms with Crippen molar-refractivity contribution in [1.82, 2.24) is 0 Å². The van der Waals surface area contributed by atoms with E-state index in [2.05, 4.69) is 22.6 Å². The molecule has 1 atom stereocenters. The first-order valence-corrected chi connectivity index (χ1v) is 7.65. The number of alkyl halides is 1. The molecular formula is C15H12Cl2FI. The monoisotopic (exact) mass is 408 g/mol. The Balaban J connectivity index is 2.49. The summed E-state index contributed by atoms with van der Waals surface area (Å²) in [4.78, 5) is 0. The Bertz CT molecular complexity index is 603. The lowest BCUT2D eigenvalue weighted by Crippen LogP contribution is -2.01. The van der Waals surface area contributed by atoms with Crippen molar-refractivity contribution in [2.24, 2.45) is 0 Å². The van der Waals surface area contributed by atoms with Crippen molar-refractivity contribution in [1.29, 1.82) is 0 Å². The fourth-order valence-electron chi connectivity index (χ4n) is 2.16. The molecule has 0 bridgehead atoms. The van der Waals surface area contributed by atoms with Crippen molar-refractivity contribution in [3.63, 3.8) is 0 Å². The first kappa shape index (κ1) is 15.1. The average molecular weight is 409 g/mol. The molecule has 0 amide bonds. The average Bonchev–Trinajstić information content (AvgIpc) is 2.31. The van der Waals surface area contributed by atoms with Crippen LogP contribution < -0.4 is 0 Å². The highest BCUT2D eigenvalue weighted by Crippen LogP contribution is 2.35. The highest BCUT2D eigenvalue weighted by molar-refractivity contribution is 14.1. The van der Waals surface area contributed by atoms with E-state index in [1.807, 2.05) is 32.0 Å². The zero-order chi connectivity index (χ0) is 14.2. The maximum absolute atomic E-state index is 13.3. The van der Waals surface area contributed by atoms with Crippen LogP contribution in [0.15, 0.2) is 30.3 Å². The molecule has 2 aromatic rings. The van der Waals surface area contributed by atoms with Gasteiger partial charge in [0.2, 0.25) is 0 Å². The molecule has 0 aliphatic rings. The zero-order valence-corrected chi connectivity index (χ0v) is 14.1. The second-order valence-corrected chi connectivity index (χ2v) is 6.50. The second kappa shape index (κ2) is 5.98. The topological polar surface area (TPSA) is 0 Å². The van der Waals surface area contributed by atoms with Gasteiger partial charge in [0.15, 0.2) is 0 Å². The molecule has 0 aliphatic heterocycles. The van der Waals surface area contributed by atoms with E-state index in [0.29, 0.717) is 5.02 Å². The summed E-state index contributed by atoms with van der Waals surface area (Å²) in [6, 6.07) is 8.76. The minimum Gasteiger partial charge on any atom is -0.207 e. The molecule has 0 heterocycles. The van der Waals surface area contributed by atoms with Gasteiger partial charge in [-0.1, -0.05) is 17.7 Å². The van der Waals surface area contributed by atoms with Gasteiger partial charge in [0.1, 0.15) is 5.82 Å². The lowest BCUT2D eigenvalue weighted by atomic mass is 9.95. The van der Waals surface area contributed by atoms with Gasteiger partial charge in [-0.25, -0.2) is 4.39 Å². The molecule has 0 spiro atoms. The molecule has 0 saturated carbocycles. The summed E-state index contributed by atoms with van der Waals surface area (Å²) in [6.45, 7) is 3.74. The van der Waals surface area contributed by atoms with Gasteiger partial charge < -0.3 is 0 Å². The van der Waals surface area contributed by atoms with Gasteiger partial charge in [0.05, 0.1) is 10.4 Å². The fraction of sp³-hybridized carbons (Fsp3) is 0.200. The van der Waals surface area contributed by atoms with Crippen molar-refractivity contribution in [2.75, 3.05) is 0 Å². The van der Waals surface area contributed by atoms with Crippen LogP contribution in [0.4, 0.5) is 4.39 Å². The van der Waals surface area contributed by atoms with E-state index >= 15 is 0 Å². The lowest BCUT2D eigenvalue weighted by Gasteiger charge is -2.17. The van der Waals surface area contributed by atoms with E-state index in [1.165, 1.54) is 12.1 Å². The van der Waals surface area contributed by atoms with Crippen LogP contribution in [0, 0.1) is 23.2 Å². The van der Waals surface area contributed by atoms with Crippen LogP contribution in [0.5, 0.6) is 0 Å². The lowest BCUT2D eigenvalue weighted by molar-refractivity contribution is 0.624. The number of halogens is 4. The molecule has 0 radical (unpaired) electrons. The maximum atomic E-state index is 13.3. The molecule has 0 saturated heterocycles. The Morgan fingerprint density at radius 3 is 2.21 bits per heavy atom. The molecule has 0 aromatic heterocycles. The molecule has 0 N–H and O–H groups in total. The molecule has 1 unspecified atom stereocenters. The smallest absolute Gasteiger partial charge is 0.123 e. The standard InChI is InChI=1S/C15H12Cl2FI/c1-8-5-11(18)6-9(2)14(8)15(17)10-3-4-13(19)12(16)7-10/h3-7,15H,1-2H3. The van der Waals surface area contributed by atoms with Crippen molar-refractivity contribution < 1.29 is 4.39 Å². The predicted molar refractivity (Wildman–Crippen MR) is 87.7 cm³/mol. The van der Waals surface area contributed by atoms with E-state index in [9.17, 15) is 4.39 Å². The van der Waals surface area contributed by atoms with Crippen LogP contribution in [0.2, 0.25) is 5.02 Å². The summed E-state index contributed by atoms with van der Waals surface area (Å²) in [5.74, 6) is -0.233. The van der Waals surface area contributed by atoms with Crippen LogP contribution in [-0.4, -0.2) is 0 Å². The van der Waals surface area contributed by atoms with E-state index in [1.54, 1.807) is 0 Å². The van der Waals surface area contributed by atoms with Gasteiger partial charge in [-0.2, -0.15) is 0 Å². The van der Waals surface area contributed by atoms with Gasteiger partial charge in [-0.05, 0) is 83.0 Å². The summed E-state index contributed by atoms with van der Waals surface area (Å²) in [5, 5.41) is 0.358. The first-order chi connectivity index (χ1) is 8.90. The van der Waals surface area contributed by atoms with Crippen LogP contribution in [0.25, 0.3) is 0 Å². The quantitative estimate of drug-likeness (QED) is 0.420. The predicted octanol–water partition coefficient (Wildman–Crippen LogP) is 6.03. The third-order valence-corrected chi connectivity index (χ3v) is 5.09. The summed E-state index contributed by atoms with van der Waals surface area (Å²) < 4.78 is 14.3. The van der Waals surface area contributed by atoms with Gasteiger partial charge >= 0.3 is 0 Å². The highest BCUT2D eigenvalue weighted by Gasteiger charge is 2.17. The van der Waals surface area contributed by atoms with Crippen molar-refractivity contribution in [3.8, 4) is 0 Å². The van der Waals surface area contributed by atoms with E-state index in [-0.39, 0.29) is 11.2 Å². The van der Waals surface area contributed by atoms with Gasteiger partial charge in [0, 0.05) is 3.57 Å². The molecule has 2 aromatic carbocycles. The molecule has 0 aliphatic carbocycles.